The number of halogens is 3. The molecule has 0 aliphatic carbocycles. The van der Waals surface area contributed by atoms with Crippen molar-refractivity contribution in [1.29, 1.82) is 0 Å². The third kappa shape index (κ3) is 2.66. The average molecular weight is 368 g/mol. The molecular weight excluding hydrogens is 359 g/mol. The van der Waals surface area contributed by atoms with E-state index in [-0.39, 0.29) is 10.9 Å². The van der Waals surface area contributed by atoms with Crippen LogP contribution in [-0.4, -0.2) is 10.9 Å². The first kappa shape index (κ1) is 14.1. The van der Waals surface area contributed by atoms with Gasteiger partial charge >= 0.3 is 0 Å². The monoisotopic (exact) mass is 366 g/mol. The van der Waals surface area contributed by atoms with Gasteiger partial charge in [0.25, 0.3) is 5.91 Å². The number of rotatable bonds is 2. The molecule has 0 aliphatic rings. The van der Waals surface area contributed by atoms with E-state index in [2.05, 4.69) is 26.2 Å². The number of hydrogen-bond acceptors (Lipinski definition) is 1. The van der Waals surface area contributed by atoms with Crippen molar-refractivity contribution in [3.63, 3.8) is 0 Å². The van der Waals surface area contributed by atoms with Crippen LogP contribution in [0.3, 0.4) is 0 Å². The summed E-state index contributed by atoms with van der Waals surface area (Å²) in [6, 6.07) is 9.87. The van der Waals surface area contributed by atoms with Crippen molar-refractivity contribution in [3.05, 3.63) is 63.5 Å². The maximum atomic E-state index is 13.2. The third-order valence-corrected chi connectivity index (χ3v) is 4.00. The molecule has 0 radical (unpaired) electrons. The summed E-state index contributed by atoms with van der Waals surface area (Å²) in [5, 5.41) is 3.64. The molecule has 0 saturated carbocycles. The number of amides is 1. The molecule has 1 heterocycles. The van der Waals surface area contributed by atoms with Crippen LogP contribution >= 0.6 is 27.5 Å². The Morgan fingerprint density at radius 3 is 2.81 bits per heavy atom. The number of benzene rings is 2. The van der Waals surface area contributed by atoms with Crippen molar-refractivity contribution in [3.8, 4) is 0 Å². The minimum absolute atomic E-state index is 0.134. The Labute approximate surface area is 133 Å². The van der Waals surface area contributed by atoms with Crippen LogP contribution in [0.2, 0.25) is 5.02 Å². The third-order valence-electron chi connectivity index (χ3n) is 3.08. The lowest BCUT2D eigenvalue weighted by Gasteiger charge is -2.09. The number of aromatic nitrogens is 1. The summed E-state index contributed by atoms with van der Waals surface area (Å²) in [6.45, 7) is 0. The topological polar surface area (TPSA) is 44.9 Å². The molecule has 3 rings (SSSR count). The summed E-state index contributed by atoms with van der Waals surface area (Å²) >= 11 is 9.16. The Kier molecular flexibility index (Phi) is 3.69. The van der Waals surface area contributed by atoms with Gasteiger partial charge in [0.1, 0.15) is 5.82 Å². The van der Waals surface area contributed by atoms with Crippen LogP contribution in [0.1, 0.15) is 10.4 Å². The lowest BCUT2D eigenvalue weighted by atomic mass is 10.1. The first-order valence-corrected chi connectivity index (χ1v) is 7.25. The smallest absolute Gasteiger partial charge is 0.257 e. The Morgan fingerprint density at radius 2 is 2.05 bits per heavy atom. The lowest BCUT2D eigenvalue weighted by molar-refractivity contribution is 0.102. The van der Waals surface area contributed by atoms with E-state index in [1.807, 2.05) is 24.3 Å². The number of carbonyl (C=O) groups excluding carboxylic acids is 1. The van der Waals surface area contributed by atoms with Gasteiger partial charge in [-0.15, -0.1) is 0 Å². The van der Waals surface area contributed by atoms with Crippen molar-refractivity contribution in [2.75, 3.05) is 5.32 Å². The van der Waals surface area contributed by atoms with Gasteiger partial charge in [0.05, 0.1) is 16.3 Å². The van der Waals surface area contributed by atoms with Gasteiger partial charge in [-0.3, -0.25) is 4.79 Å². The van der Waals surface area contributed by atoms with Crippen molar-refractivity contribution in [2.24, 2.45) is 0 Å². The van der Waals surface area contributed by atoms with E-state index >= 15 is 0 Å². The second kappa shape index (κ2) is 5.50. The highest BCUT2D eigenvalue weighted by molar-refractivity contribution is 9.10. The summed E-state index contributed by atoms with van der Waals surface area (Å²) in [7, 11) is 0. The zero-order valence-corrected chi connectivity index (χ0v) is 12.9. The molecule has 0 saturated heterocycles. The molecule has 3 nitrogen and oxygen atoms in total. The molecule has 0 spiro atoms. The Hall–Kier alpha value is -1.85. The Bertz CT molecular complexity index is 824. The fourth-order valence-electron chi connectivity index (χ4n) is 2.10. The molecule has 106 valence electrons. The number of carbonyl (C=O) groups is 1. The fraction of sp³-hybridized carbons (Fsp3) is 0. The van der Waals surface area contributed by atoms with Gasteiger partial charge in [-0.05, 0) is 34.1 Å². The van der Waals surface area contributed by atoms with Crippen LogP contribution in [0.25, 0.3) is 10.9 Å². The van der Waals surface area contributed by atoms with Crippen molar-refractivity contribution < 1.29 is 9.18 Å². The normalized spacial score (nSPS) is 10.8. The molecule has 2 N–H and O–H groups in total. The van der Waals surface area contributed by atoms with Gasteiger partial charge in [-0.2, -0.15) is 0 Å². The molecule has 1 amide bonds. The Morgan fingerprint density at radius 1 is 1.29 bits per heavy atom. The zero-order chi connectivity index (χ0) is 15.0. The quantitative estimate of drug-likeness (QED) is 0.659. The number of anilines is 1. The summed E-state index contributed by atoms with van der Waals surface area (Å²) in [4.78, 5) is 15.4. The molecule has 0 fully saturated rings. The van der Waals surface area contributed by atoms with E-state index in [1.165, 1.54) is 6.07 Å². The van der Waals surface area contributed by atoms with Gasteiger partial charge in [-0.1, -0.05) is 29.8 Å². The molecule has 0 atom stereocenters. The minimum atomic E-state index is -0.475. The van der Waals surface area contributed by atoms with E-state index in [0.717, 1.165) is 17.0 Å². The van der Waals surface area contributed by atoms with Gasteiger partial charge in [0.2, 0.25) is 0 Å². The predicted octanol–water partition coefficient (Wildman–Crippen LogP) is 4.98. The zero-order valence-electron chi connectivity index (χ0n) is 10.6. The number of aromatic amines is 1. The van der Waals surface area contributed by atoms with Gasteiger partial charge in [-0.25, -0.2) is 4.39 Å². The largest absolute Gasteiger partial charge is 0.360 e. The molecule has 3 aromatic rings. The van der Waals surface area contributed by atoms with E-state index < -0.39 is 5.82 Å². The summed E-state index contributed by atoms with van der Waals surface area (Å²) in [5.74, 6) is -0.793. The van der Waals surface area contributed by atoms with Crippen molar-refractivity contribution in [1.82, 2.24) is 4.98 Å². The number of fused-ring (bicyclic) bond motifs is 1. The molecule has 0 aliphatic heterocycles. The highest BCUT2D eigenvalue weighted by atomic mass is 79.9. The first-order chi connectivity index (χ1) is 10.1. The maximum Gasteiger partial charge on any atom is 0.257 e. The standard InChI is InChI=1S/C15H9BrClFN2O/c16-11-5-8(18)6-12(17)14(11)20-15(21)10-7-19-13-4-2-1-3-9(10)13/h1-7,19H,(H,20,21). The number of H-pyrrole nitrogens is 1. The summed E-state index contributed by atoms with van der Waals surface area (Å²) in [5.41, 5.74) is 1.71. The van der Waals surface area contributed by atoms with E-state index in [4.69, 9.17) is 11.6 Å². The second-order valence-corrected chi connectivity index (χ2v) is 5.71. The molecule has 2 aromatic carbocycles. The molecule has 6 heteroatoms. The van der Waals surface area contributed by atoms with Crippen LogP contribution in [0.15, 0.2) is 47.1 Å². The van der Waals surface area contributed by atoms with E-state index in [9.17, 15) is 9.18 Å². The van der Waals surface area contributed by atoms with Crippen molar-refractivity contribution in [2.45, 2.75) is 0 Å². The van der Waals surface area contributed by atoms with Crippen LogP contribution in [0.4, 0.5) is 10.1 Å². The Balaban J connectivity index is 1.97. The minimum Gasteiger partial charge on any atom is -0.360 e. The highest BCUT2D eigenvalue weighted by Gasteiger charge is 2.15. The number of hydrogen-bond donors (Lipinski definition) is 2. The van der Waals surface area contributed by atoms with Crippen LogP contribution in [-0.2, 0) is 0 Å². The molecule has 0 bridgehead atoms. The van der Waals surface area contributed by atoms with Crippen molar-refractivity contribution >= 4 is 50.0 Å². The molecular formula is C15H9BrClFN2O. The average Bonchev–Trinajstić information content (AvgIpc) is 2.86. The summed E-state index contributed by atoms with van der Waals surface area (Å²) < 4.78 is 13.6. The van der Waals surface area contributed by atoms with Crippen LogP contribution in [0.5, 0.6) is 0 Å². The van der Waals surface area contributed by atoms with Crippen LogP contribution in [0, 0.1) is 5.82 Å². The summed E-state index contributed by atoms with van der Waals surface area (Å²) in [6.07, 6.45) is 1.63. The van der Waals surface area contributed by atoms with Gasteiger partial charge in [0.15, 0.2) is 0 Å². The molecule has 21 heavy (non-hydrogen) atoms. The number of nitrogens with one attached hydrogen (secondary N) is 2. The number of para-hydroxylation sites is 1. The fourth-order valence-corrected chi connectivity index (χ4v) is 3.00. The first-order valence-electron chi connectivity index (χ1n) is 6.08. The molecule has 0 unspecified atom stereocenters. The van der Waals surface area contributed by atoms with E-state index in [1.54, 1.807) is 6.20 Å². The maximum absolute atomic E-state index is 13.2. The lowest BCUT2D eigenvalue weighted by Crippen LogP contribution is -2.12. The second-order valence-electron chi connectivity index (χ2n) is 4.45. The van der Waals surface area contributed by atoms with Gasteiger partial charge in [0, 0.05) is 21.6 Å². The molecule has 1 aromatic heterocycles. The van der Waals surface area contributed by atoms with Gasteiger partial charge < -0.3 is 10.3 Å². The predicted molar refractivity (Wildman–Crippen MR) is 85.4 cm³/mol. The SMILES string of the molecule is O=C(Nc1c(Cl)cc(F)cc1Br)c1c[nH]c2ccccc12. The van der Waals surface area contributed by atoms with Crippen LogP contribution < -0.4 is 5.32 Å². The highest BCUT2D eigenvalue weighted by Crippen LogP contribution is 2.32. The van der Waals surface area contributed by atoms with E-state index in [0.29, 0.717) is 15.7 Å².